The molecule has 0 aromatic heterocycles. The molecule has 0 radical (unpaired) electrons. The Morgan fingerprint density at radius 1 is 1.04 bits per heavy atom. The molecule has 122 valence electrons. The van der Waals surface area contributed by atoms with E-state index in [1.54, 1.807) is 18.2 Å². The highest BCUT2D eigenvalue weighted by Crippen LogP contribution is 2.33. The van der Waals surface area contributed by atoms with Gasteiger partial charge in [0.05, 0.1) is 14.9 Å². The van der Waals surface area contributed by atoms with Crippen LogP contribution in [0.15, 0.2) is 41.3 Å². The van der Waals surface area contributed by atoms with Gasteiger partial charge in [0.15, 0.2) is 11.5 Å². The monoisotopic (exact) mass is 373 g/mol. The molecular weight excluding hydrogens is 361 g/mol. The minimum absolute atomic E-state index is 0.0927. The van der Waals surface area contributed by atoms with E-state index in [0.29, 0.717) is 16.5 Å². The lowest BCUT2D eigenvalue weighted by Crippen LogP contribution is -2.26. The molecule has 3 rings (SSSR count). The molecule has 0 amide bonds. The van der Waals surface area contributed by atoms with Crippen LogP contribution in [0.25, 0.3) is 0 Å². The Kier molecular flexibility index (Phi) is 4.42. The molecule has 1 aliphatic heterocycles. The molecule has 0 spiro atoms. The number of benzene rings is 2. The van der Waals surface area contributed by atoms with Crippen LogP contribution in [0.1, 0.15) is 5.56 Å². The average Bonchev–Trinajstić information content (AvgIpc) is 2.97. The normalized spacial score (nSPS) is 13.6. The smallest absolute Gasteiger partial charge is 0.243 e. The summed E-state index contributed by atoms with van der Waals surface area (Å²) < 4.78 is 37.0. The molecule has 0 saturated carbocycles. The third-order valence-electron chi connectivity index (χ3n) is 3.44. The van der Waals surface area contributed by atoms with Crippen LogP contribution in [-0.2, 0) is 16.6 Å². The predicted octanol–water partition coefficient (Wildman–Crippen LogP) is 3.54. The largest absolute Gasteiger partial charge is 0.454 e. The molecule has 1 aliphatic rings. The van der Waals surface area contributed by atoms with Crippen LogP contribution in [0.3, 0.4) is 0 Å². The van der Waals surface area contributed by atoms with Crippen LogP contribution < -0.4 is 9.47 Å². The van der Waals surface area contributed by atoms with Crippen molar-refractivity contribution in [2.24, 2.45) is 0 Å². The second kappa shape index (κ2) is 6.20. The van der Waals surface area contributed by atoms with Crippen LogP contribution in [0.4, 0.5) is 0 Å². The lowest BCUT2D eigenvalue weighted by molar-refractivity contribution is 0.174. The van der Waals surface area contributed by atoms with Crippen LogP contribution in [0.5, 0.6) is 11.5 Å². The summed E-state index contributed by atoms with van der Waals surface area (Å²) in [6, 6.07) is 9.56. The standard InChI is InChI=1S/C15H13Cl2NO4S/c1-18(8-10-2-5-14-15(6-10)22-9-21-14)23(19,20)11-3-4-12(16)13(17)7-11/h2-7H,8-9H2,1H3. The molecule has 1 heterocycles. The van der Waals surface area contributed by atoms with Gasteiger partial charge in [-0.05, 0) is 35.9 Å². The third-order valence-corrected chi connectivity index (χ3v) is 5.98. The van der Waals surface area contributed by atoms with Crippen molar-refractivity contribution in [1.82, 2.24) is 4.31 Å². The fourth-order valence-electron chi connectivity index (χ4n) is 2.20. The van der Waals surface area contributed by atoms with Gasteiger partial charge in [-0.25, -0.2) is 8.42 Å². The lowest BCUT2D eigenvalue weighted by Gasteiger charge is -2.18. The number of ether oxygens (including phenoxy) is 2. The van der Waals surface area contributed by atoms with Crippen molar-refractivity contribution in [3.05, 3.63) is 52.0 Å². The third kappa shape index (κ3) is 3.26. The fraction of sp³-hybridized carbons (Fsp3) is 0.200. The molecule has 23 heavy (non-hydrogen) atoms. The summed E-state index contributed by atoms with van der Waals surface area (Å²) in [5.41, 5.74) is 0.792. The van der Waals surface area contributed by atoms with E-state index >= 15 is 0 Å². The topological polar surface area (TPSA) is 55.8 Å². The zero-order valence-corrected chi connectivity index (χ0v) is 14.5. The summed E-state index contributed by atoms with van der Waals surface area (Å²) in [4.78, 5) is 0.0927. The predicted molar refractivity (Wildman–Crippen MR) is 87.7 cm³/mol. The van der Waals surface area contributed by atoms with E-state index in [-0.39, 0.29) is 23.3 Å². The van der Waals surface area contributed by atoms with Crippen LogP contribution in [-0.4, -0.2) is 26.6 Å². The first-order valence-corrected chi connectivity index (χ1v) is 8.87. The summed E-state index contributed by atoms with van der Waals surface area (Å²) in [7, 11) is -2.17. The van der Waals surface area contributed by atoms with Gasteiger partial charge in [-0.3, -0.25) is 0 Å². The molecule has 0 atom stereocenters. The Hall–Kier alpha value is -1.47. The first-order valence-electron chi connectivity index (χ1n) is 6.68. The van der Waals surface area contributed by atoms with Crippen LogP contribution >= 0.6 is 23.2 Å². The van der Waals surface area contributed by atoms with Crippen LogP contribution in [0.2, 0.25) is 10.0 Å². The van der Waals surface area contributed by atoms with Gasteiger partial charge >= 0.3 is 0 Å². The first-order chi connectivity index (χ1) is 10.9. The highest BCUT2D eigenvalue weighted by atomic mass is 35.5. The molecule has 0 unspecified atom stereocenters. The first kappa shape index (κ1) is 16.4. The van der Waals surface area contributed by atoms with Crippen molar-refractivity contribution >= 4 is 33.2 Å². The van der Waals surface area contributed by atoms with Gasteiger partial charge < -0.3 is 9.47 Å². The maximum absolute atomic E-state index is 12.6. The number of hydrogen-bond donors (Lipinski definition) is 0. The second-order valence-corrected chi connectivity index (χ2v) is 7.88. The van der Waals surface area contributed by atoms with Gasteiger partial charge in [-0.1, -0.05) is 29.3 Å². The zero-order valence-electron chi connectivity index (χ0n) is 12.1. The van der Waals surface area contributed by atoms with E-state index < -0.39 is 10.0 Å². The van der Waals surface area contributed by atoms with Crippen LogP contribution in [0, 0.1) is 0 Å². The summed E-state index contributed by atoms with van der Waals surface area (Å²) in [5.74, 6) is 1.27. The number of sulfonamides is 1. The van der Waals surface area contributed by atoms with Gasteiger partial charge in [0.1, 0.15) is 0 Å². The number of fused-ring (bicyclic) bond motifs is 1. The lowest BCUT2D eigenvalue weighted by atomic mass is 10.2. The molecule has 0 fully saturated rings. The van der Waals surface area contributed by atoms with Crippen molar-refractivity contribution in [2.75, 3.05) is 13.8 Å². The van der Waals surface area contributed by atoms with E-state index in [9.17, 15) is 8.42 Å². The van der Waals surface area contributed by atoms with E-state index in [4.69, 9.17) is 32.7 Å². The van der Waals surface area contributed by atoms with Gasteiger partial charge in [0.25, 0.3) is 0 Å². The molecule has 2 aromatic carbocycles. The maximum atomic E-state index is 12.6. The Labute approximate surface area is 144 Å². The zero-order chi connectivity index (χ0) is 16.6. The molecule has 0 bridgehead atoms. The quantitative estimate of drug-likeness (QED) is 0.822. The van der Waals surface area contributed by atoms with Crippen molar-refractivity contribution in [2.45, 2.75) is 11.4 Å². The minimum atomic E-state index is -3.67. The summed E-state index contributed by atoms with van der Waals surface area (Å²) in [5, 5.41) is 0.508. The molecule has 2 aromatic rings. The fourth-order valence-corrected chi connectivity index (χ4v) is 3.75. The SMILES string of the molecule is CN(Cc1ccc2c(c1)OCO2)S(=O)(=O)c1ccc(Cl)c(Cl)c1. The molecule has 5 nitrogen and oxygen atoms in total. The Morgan fingerprint density at radius 3 is 2.52 bits per heavy atom. The highest BCUT2D eigenvalue weighted by Gasteiger charge is 2.23. The van der Waals surface area contributed by atoms with Gasteiger partial charge in [0.2, 0.25) is 16.8 Å². The summed E-state index contributed by atoms with van der Waals surface area (Å²) in [6.45, 7) is 0.370. The van der Waals surface area contributed by atoms with Gasteiger partial charge in [-0.15, -0.1) is 0 Å². The summed E-state index contributed by atoms with van der Waals surface area (Å²) >= 11 is 11.7. The van der Waals surface area contributed by atoms with Crippen molar-refractivity contribution in [3.8, 4) is 11.5 Å². The van der Waals surface area contributed by atoms with E-state index in [2.05, 4.69) is 0 Å². The number of halogens is 2. The van der Waals surface area contributed by atoms with E-state index in [1.807, 2.05) is 0 Å². The van der Waals surface area contributed by atoms with Gasteiger partial charge in [-0.2, -0.15) is 4.31 Å². The van der Waals surface area contributed by atoms with Crippen molar-refractivity contribution in [1.29, 1.82) is 0 Å². The van der Waals surface area contributed by atoms with Crippen molar-refractivity contribution in [3.63, 3.8) is 0 Å². The second-order valence-electron chi connectivity index (χ2n) is 5.02. The molecule has 8 heteroatoms. The Bertz CT molecular complexity index is 855. The highest BCUT2D eigenvalue weighted by molar-refractivity contribution is 7.89. The van der Waals surface area contributed by atoms with E-state index in [0.717, 1.165) is 5.56 Å². The minimum Gasteiger partial charge on any atom is -0.454 e. The molecule has 0 saturated heterocycles. The molecule has 0 aliphatic carbocycles. The van der Waals surface area contributed by atoms with Crippen molar-refractivity contribution < 1.29 is 17.9 Å². The number of rotatable bonds is 4. The number of hydrogen-bond acceptors (Lipinski definition) is 4. The Morgan fingerprint density at radius 2 is 1.78 bits per heavy atom. The van der Waals surface area contributed by atoms with Gasteiger partial charge in [0, 0.05) is 13.6 Å². The average molecular weight is 374 g/mol. The summed E-state index contributed by atoms with van der Waals surface area (Å²) in [6.07, 6.45) is 0. The molecular formula is C15H13Cl2NO4S. The Balaban J connectivity index is 1.84. The number of nitrogens with zero attached hydrogens (tertiary/aromatic N) is 1. The van der Waals surface area contributed by atoms with E-state index in [1.165, 1.54) is 29.6 Å². The maximum Gasteiger partial charge on any atom is 0.243 e. The molecule has 0 N–H and O–H groups in total.